The van der Waals surface area contributed by atoms with E-state index >= 15 is 0 Å². The van der Waals surface area contributed by atoms with Crippen LogP contribution in [0.25, 0.3) is 0 Å². The fourth-order valence-electron chi connectivity index (χ4n) is 3.76. The van der Waals surface area contributed by atoms with Gasteiger partial charge >= 0.3 is 0 Å². The summed E-state index contributed by atoms with van der Waals surface area (Å²) >= 11 is 0. The second-order valence-corrected chi connectivity index (χ2v) is 7.63. The second-order valence-electron chi connectivity index (χ2n) is 7.63. The zero-order valence-electron chi connectivity index (χ0n) is 16.0. The number of benzene rings is 3. The summed E-state index contributed by atoms with van der Waals surface area (Å²) in [5.74, 6) is 0. The first kappa shape index (κ1) is 18.7. The van der Waals surface area contributed by atoms with Gasteiger partial charge in [-0.3, -0.25) is 0 Å². The Hall–Kier alpha value is -2.68. The monoisotopic (exact) mass is 370 g/mol. The summed E-state index contributed by atoms with van der Waals surface area (Å²) in [5, 5.41) is 20.8. The maximum absolute atomic E-state index is 10.4. The highest BCUT2D eigenvalue weighted by atomic mass is 16.3. The lowest BCUT2D eigenvalue weighted by molar-refractivity contribution is 0.177. The molecule has 0 saturated heterocycles. The molecule has 2 atom stereocenters. The van der Waals surface area contributed by atoms with Crippen molar-refractivity contribution in [1.82, 2.24) is 0 Å². The quantitative estimate of drug-likeness (QED) is 0.528. The van der Waals surface area contributed by atoms with Crippen LogP contribution in [0.15, 0.2) is 84.9 Å². The molecule has 2 heteroatoms. The third kappa shape index (κ3) is 4.59. The molecular formula is C26H26O2. The minimum atomic E-state index is -0.521. The Labute approximate surface area is 166 Å². The molecule has 142 valence electrons. The summed E-state index contributed by atoms with van der Waals surface area (Å²) in [7, 11) is 0. The van der Waals surface area contributed by atoms with E-state index in [1.807, 2.05) is 36.4 Å². The van der Waals surface area contributed by atoms with E-state index in [0.717, 1.165) is 24.0 Å². The third-order valence-corrected chi connectivity index (χ3v) is 5.42. The van der Waals surface area contributed by atoms with Crippen LogP contribution in [-0.2, 0) is 12.8 Å². The fourth-order valence-corrected chi connectivity index (χ4v) is 3.76. The van der Waals surface area contributed by atoms with E-state index in [-0.39, 0.29) is 0 Å². The van der Waals surface area contributed by atoms with Gasteiger partial charge in [-0.25, -0.2) is 0 Å². The van der Waals surface area contributed by atoms with Gasteiger partial charge in [0.25, 0.3) is 0 Å². The summed E-state index contributed by atoms with van der Waals surface area (Å²) in [6.07, 6.45) is 5.73. The van der Waals surface area contributed by atoms with Crippen LogP contribution in [0.4, 0.5) is 0 Å². The molecule has 3 aromatic rings. The van der Waals surface area contributed by atoms with Gasteiger partial charge in [-0.2, -0.15) is 0 Å². The van der Waals surface area contributed by atoms with E-state index < -0.39 is 12.2 Å². The maximum atomic E-state index is 10.4. The van der Waals surface area contributed by atoms with Gasteiger partial charge in [-0.15, -0.1) is 0 Å². The number of rotatable bonds is 0. The first-order chi connectivity index (χ1) is 13.7. The highest BCUT2D eigenvalue weighted by Crippen LogP contribution is 2.23. The van der Waals surface area contributed by atoms with Crippen LogP contribution in [0.1, 0.15) is 58.4 Å². The van der Waals surface area contributed by atoms with Gasteiger partial charge in [0.2, 0.25) is 0 Å². The Kier molecular flexibility index (Phi) is 5.70. The Balaban J connectivity index is 1.66. The van der Waals surface area contributed by atoms with Crippen molar-refractivity contribution in [2.45, 2.75) is 37.9 Å². The first-order valence-electron chi connectivity index (χ1n) is 9.94. The number of aliphatic hydroxyl groups excluding tert-OH is 2. The summed E-state index contributed by atoms with van der Waals surface area (Å²) < 4.78 is 0. The SMILES string of the molecule is OC1C/C=C\CC(O)c2ccc(cc2)Cc2cccc(c2)Cc2ccc1cc2. The van der Waals surface area contributed by atoms with E-state index in [2.05, 4.69) is 48.5 Å². The normalized spacial score (nSPS) is 20.9. The zero-order valence-corrected chi connectivity index (χ0v) is 16.0. The van der Waals surface area contributed by atoms with E-state index in [1.165, 1.54) is 22.3 Å². The Bertz CT molecular complexity index is 864. The van der Waals surface area contributed by atoms with Crippen LogP contribution in [0.2, 0.25) is 0 Å². The number of hydrogen-bond acceptors (Lipinski definition) is 2. The molecule has 4 aliphatic carbocycles. The maximum Gasteiger partial charge on any atom is 0.0824 e. The minimum Gasteiger partial charge on any atom is -0.388 e. The average molecular weight is 370 g/mol. The molecule has 0 aromatic heterocycles. The predicted octanol–water partition coefficient (Wildman–Crippen LogP) is 5.29. The molecule has 0 heterocycles. The smallest absolute Gasteiger partial charge is 0.0824 e. The molecule has 0 spiro atoms. The highest BCUT2D eigenvalue weighted by Gasteiger charge is 2.09. The summed E-state index contributed by atoms with van der Waals surface area (Å²) in [6, 6.07) is 25.2. The third-order valence-electron chi connectivity index (χ3n) is 5.42. The lowest BCUT2D eigenvalue weighted by Gasteiger charge is -2.10. The molecule has 0 radical (unpaired) electrons. The van der Waals surface area contributed by atoms with Gasteiger partial charge in [-0.05, 0) is 59.1 Å². The number of hydrogen-bond donors (Lipinski definition) is 2. The van der Waals surface area contributed by atoms with Gasteiger partial charge < -0.3 is 10.2 Å². The summed E-state index contributed by atoms with van der Waals surface area (Å²) in [4.78, 5) is 0. The van der Waals surface area contributed by atoms with Crippen molar-refractivity contribution in [3.05, 3.63) is 118 Å². The van der Waals surface area contributed by atoms with Crippen LogP contribution in [-0.4, -0.2) is 10.2 Å². The largest absolute Gasteiger partial charge is 0.388 e. The van der Waals surface area contributed by atoms with Crippen molar-refractivity contribution < 1.29 is 10.2 Å². The minimum absolute atomic E-state index is 0.521. The lowest BCUT2D eigenvalue weighted by Crippen LogP contribution is -1.97. The fraction of sp³-hybridized carbons (Fsp3) is 0.231. The van der Waals surface area contributed by atoms with Crippen LogP contribution in [0, 0.1) is 0 Å². The van der Waals surface area contributed by atoms with Gasteiger partial charge in [0.05, 0.1) is 12.2 Å². The van der Waals surface area contributed by atoms with Crippen molar-refractivity contribution in [1.29, 1.82) is 0 Å². The van der Waals surface area contributed by atoms with Crippen LogP contribution in [0.3, 0.4) is 0 Å². The first-order valence-corrected chi connectivity index (χ1v) is 9.94. The standard InChI is InChI=1S/C26H26O2/c27-25-6-1-2-7-26(28)24-14-10-20(11-15-24)17-22-5-3-4-21(18-22)16-19-8-12-23(25)13-9-19/h1-5,8-15,18,25-28H,6-7,16-17H2/b2-1-. The molecule has 3 aromatic carbocycles. The molecule has 0 fully saturated rings. The molecule has 0 saturated carbocycles. The summed E-state index contributed by atoms with van der Waals surface area (Å²) in [6.45, 7) is 0. The average Bonchev–Trinajstić information content (AvgIpc) is 2.72. The molecule has 0 amide bonds. The molecule has 4 aliphatic rings. The van der Waals surface area contributed by atoms with E-state index in [9.17, 15) is 10.2 Å². The van der Waals surface area contributed by atoms with Crippen molar-refractivity contribution in [3.8, 4) is 0 Å². The van der Waals surface area contributed by atoms with Crippen LogP contribution in [0.5, 0.6) is 0 Å². The predicted molar refractivity (Wildman–Crippen MR) is 113 cm³/mol. The molecular weight excluding hydrogens is 344 g/mol. The molecule has 2 unspecified atom stereocenters. The van der Waals surface area contributed by atoms with Gasteiger partial charge in [0, 0.05) is 0 Å². The van der Waals surface area contributed by atoms with E-state index in [0.29, 0.717) is 12.8 Å². The molecule has 2 nitrogen and oxygen atoms in total. The Morgan fingerprint density at radius 2 is 0.964 bits per heavy atom. The molecule has 6 bridgehead atoms. The van der Waals surface area contributed by atoms with Crippen molar-refractivity contribution in [2.75, 3.05) is 0 Å². The number of aliphatic hydroxyl groups is 2. The topological polar surface area (TPSA) is 40.5 Å². The molecule has 28 heavy (non-hydrogen) atoms. The Morgan fingerprint density at radius 3 is 1.39 bits per heavy atom. The van der Waals surface area contributed by atoms with Crippen LogP contribution < -0.4 is 0 Å². The Morgan fingerprint density at radius 1 is 0.536 bits per heavy atom. The zero-order chi connectivity index (χ0) is 19.3. The van der Waals surface area contributed by atoms with Gasteiger partial charge in [0.15, 0.2) is 0 Å². The molecule has 7 rings (SSSR count). The summed E-state index contributed by atoms with van der Waals surface area (Å²) in [5.41, 5.74) is 6.92. The van der Waals surface area contributed by atoms with Crippen molar-refractivity contribution >= 4 is 0 Å². The lowest BCUT2D eigenvalue weighted by atomic mass is 9.97. The van der Waals surface area contributed by atoms with Crippen LogP contribution >= 0.6 is 0 Å². The van der Waals surface area contributed by atoms with Gasteiger partial charge in [0.1, 0.15) is 0 Å². The highest BCUT2D eigenvalue weighted by molar-refractivity contribution is 5.35. The van der Waals surface area contributed by atoms with Crippen molar-refractivity contribution in [3.63, 3.8) is 0 Å². The van der Waals surface area contributed by atoms with E-state index in [1.54, 1.807) is 0 Å². The van der Waals surface area contributed by atoms with Crippen molar-refractivity contribution in [2.24, 2.45) is 0 Å². The second kappa shape index (κ2) is 8.55. The molecule has 2 N–H and O–H groups in total. The van der Waals surface area contributed by atoms with Gasteiger partial charge in [-0.1, -0.05) is 84.9 Å². The molecule has 0 aliphatic heterocycles. The van der Waals surface area contributed by atoms with E-state index in [4.69, 9.17) is 0 Å².